The summed E-state index contributed by atoms with van der Waals surface area (Å²) in [5.74, 6) is -0.409. The van der Waals surface area contributed by atoms with Gasteiger partial charge in [0.1, 0.15) is 23.0 Å². The first-order valence-corrected chi connectivity index (χ1v) is 26.1. The number of esters is 1. The molecule has 4 aliphatic rings. The highest BCUT2D eigenvalue weighted by molar-refractivity contribution is 7.89. The fourth-order valence-electron chi connectivity index (χ4n) is 11.0. The molecule has 15 heteroatoms. The van der Waals surface area contributed by atoms with E-state index < -0.39 is 21.6 Å². The Morgan fingerprint density at radius 3 is 2.12 bits per heavy atom. The van der Waals surface area contributed by atoms with Gasteiger partial charge in [0.15, 0.2) is 5.60 Å². The van der Waals surface area contributed by atoms with E-state index in [1.807, 2.05) is 19.1 Å². The van der Waals surface area contributed by atoms with Crippen molar-refractivity contribution in [3.63, 3.8) is 0 Å². The molecule has 2 fully saturated rings. The number of rotatable bonds is 16. The minimum absolute atomic E-state index is 0.0326. The van der Waals surface area contributed by atoms with Gasteiger partial charge in [0.2, 0.25) is 10.0 Å². The van der Waals surface area contributed by atoms with Crippen LogP contribution in [0, 0.1) is 20.8 Å². The molecule has 1 amide bonds. The van der Waals surface area contributed by atoms with Crippen LogP contribution in [-0.2, 0) is 29.8 Å². The highest BCUT2D eigenvalue weighted by Crippen LogP contribution is 2.57. The van der Waals surface area contributed by atoms with E-state index in [0.29, 0.717) is 61.0 Å². The number of carbonyl (C=O) groups is 2. The molecule has 10 rings (SSSR count). The Kier molecular flexibility index (Phi) is 14.0. The standard InChI is InChI=1S/C57H60N4O10S/c1-36-10-8-11-44(38(36)3)39-13-15-40(16-14-39)54-49(61-26-7-6-25-60(35-50(54)61)72(66,67)53-12-5-4-9-37(53)2)34-58-23-27-68-29-30-69-28-24-59-55(64)41-17-20-46-45(31-41)56(65)71-57(46)47-21-18-42(62)32-51(47)70-52-33-43(63)19-22-48(52)57/h4-5,8-22,31-33,49-50,54,58,62-63H,6-7,23-30,34-35H2,1-3H3,(H,59,64)/t49?,50-,54+/m0/s1. The van der Waals surface area contributed by atoms with Gasteiger partial charge in [0.05, 0.1) is 36.9 Å². The minimum atomic E-state index is -3.69. The summed E-state index contributed by atoms with van der Waals surface area (Å²) in [6.07, 6.45) is 1.71. The third-order valence-corrected chi connectivity index (χ3v) is 16.8. The second-order valence-corrected chi connectivity index (χ2v) is 21.0. The number of sulfonamides is 1. The topological polar surface area (TPSA) is 176 Å². The van der Waals surface area contributed by atoms with Crippen LogP contribution in [0.15, 0.2) is 126 Å². The van der Waals surface area contributed by atoms with Crippen molar-refractivity contribution in [2.24, 2.45) is 0 Å². The van der Waals surface area contributed by atoms with Gasteiger partial charge in [0.25, 0.3) is 5.91 Å². The quantitative estimate of drug-likeness (QED) is 0.0545. The van der Waals surface area contributed by atoms with Gasteiger partial charge in [-0.3, -0.25) is 9.69 Å². The van der Waals surface area contributed by atoms with Gasteiger partial charge in [-0.25, -0.2) is 13.2 Å². The van der Waals surface area contributed by atoms with E-state index in [4.69, 9.17) is 18.9 Å². The Labute approximate surface area is 420 Å². The number of hydrogen-bond acceptors (Lipinski definition) is 12. The Morgan fingerprint density at radius 1 is 0.736 bits per heavy atom. The first-order chi connectivity index (χ1) is 34.8. The summed E-state index contributed by atoms with van der Waals surface area (Å²) < 4.78 is 53.9. The Bertz CT molecular complexity index is 3070. The van der Waals surface area contributed by atoms with Gasteiger partial charge in [-0.2, -0.15) is 4.31 Å². The molecule has 0 bridgehead atoms. The van der Waals surface area contributed by atoms with Crippen LogP contribution >= 0.6 is 0 Å². The Hall–Kier alpha value is -6.59. The fraction of sp³-hybridized carbons (Fsp3) is 0.333. The average Bonchev–Trinajstić information content (AvgIpc) is 3.64. The highest BCUT2D eigenvalue weighted by atomic mass is 32.2. The van der Waals surface area contributed by atoms with E-state index in [2.05, 4.69) is 71.8 Å². The van der Waals surface area contributed by atoms with Crippen LogP contribution in [0.3, 0.4) is 0 Å². The van der Waals surface area contributed by atoms with Crippen molar-refractivity contribution in [2.45, 2.75) is 62.1 Å². The van der Waals surface area contributed by atoms with Gasteiger partial charge in [-0.15, -0.1) is 0 Å². The van der Waals surface area contributed by atoms with E-state index in [9.17, 15) is 28.2 Å². The van der Waals surface area contributed by atoms with Crippen LogP contribution in [0.25, 0.3) is 11.1 Å². The van der Waals surface area contributed by atoms with Gasteiger partial charge < -0.3 is 39.8 Å². The van der Waals surface area contributed by atoms with Gasteiger partial charge in [0, 0.05) is 85.1 Å². The van der Waals surface area contributed by atoms with Crippen LogP contribution in [0.5, 0.6) is 23.0 Å². The molecule has 14 nitrogen and oxygen atoms in total. The molecule has 0 radical (unpaired) electrons. The number of ether oxygens (including phenoxy) is 4. The molecule has 4 aliphatic heterocycles. The summed E-state index contributed by atoms with van der Waals surface area (Å²) >= 11 is 0. The number of fused-ring (bicyclic) bond motifs is 7. The molecule has 6 aromatic rings. The lowest BCUT2D eigenvalue weighted by Crippen LogP contribution is -2.69. The predicted molar refractivity (Wildman–Crippen MR) is 272 cm³/mol. The van der Waals surface area contributed by atoms with E-state index in [1.165, 1.54) is 58.1 Å². The number of aromatic hydroxyl groups is 2. The number of phenolic OH excluding ortho intramolecular Hbond substituents is 2. The van der Waals surface area contributed by atoms with E-state index >= 15 is 0 Å². The zero-order valence-electron chi connectivity index (χ0n) is 40.7. The van der Waals surface area contributed by atoms with Gasteiger partial charge in [-0.1, -0.05) is 66.7 Å². The number of phenols is 2. The van der Waals surface area contributed by atoms with E-state index in [0.717, 1.165) is 31.5 Å². The summed E-state index contributed by atoms with van der Waals surface area (Å²) in [5.41, 5.74) is 7.45. The van der Waals surface area contributed by atoms with Crippen molar-refractivity contribution in [1.82, 2.24) is 19.8 Å². The number of nitrogens with one attached hydrogen (secondary N) is 2. The summed E-state index contributed by atoms with van der Waals surface area (Å²) in [4.78, 5) is 29.6. The zero-order valence-corrected chi connectivity index (χ0v) is 41.5. The summed E-state index contributed by atoms with van der Waals surface area (Å²) in [6, 6.07) is 36.7. The van der Waals surface area contributed by atoms with Crippen LogP contribution < -0.4 is 15.4 Å². The van der Waals surface area contributed by atoms with Crippen LogP contribution in [0.1, 0.15) is 78.4 Å². The summed E-state index contributed by atoms with van der Waals surface area (Å²) in [5, 5.41) is 26.9. The first-order valence-electron chi connectivity index (χ1n) is 24.7. The molecule has 0 aromatic heterocycles. The van der Waals surface area contributed by atoms with Gasteiger partial charge in [-0.05, 0) is 116 Å². The monoisotopic (exact) mass is 992 g/mol. The SMILES string of the molecule is Cc1ccccc1S(=O)(=O)N1CCCCN2C(CNCCOCCOCCNC(=O)c3ccc4c(c3)C(=O)OC43c4ccc(O)cc4Oc4cc(O)ccc43)[C@@H](c3ccc(-c4cccc(C)c4C)cc3)[C@@H]2C1. The molecule has 3 atom stereocenters. The molecule has 72 heavy (non-hydrogen) atoms. The molecule has 374 valence electrons. The van der Waals surface area contributed by atoms with Crippen molar-refractivity contribution in [2.75, 3.05) is 65.7 Å². The first kappa shape index (κ1) is 49.0. The number of carbonyl (C=O) groups excluding carboxylic acids is 2. The molecule has 1 spiro atoms. The molecule has 0 aliphatic carbocycles. The maximum absolute atomic E-state index is 14.2. The third-order valence-electron chi connectivity index (χ3n) is 14.8. The number of amides is 1. The molecule has 2 saturated heterocycles. The predicted octanol–water partition coefficient (Wildman–Crippen LogP) is 7.93. The lowest BCUT2D eigenvalue weighted by atomic mass is 9.74. The lowest BCUT2D eigenvalue weighted by Gasteiger charge is -2.57. The zero-order chi connectivity index (χ0) is 50.1. The molecular weight excluding hydrogens is 933 g/mol. The van der Waals surface area contributed by atoms with Crippen molar-refractivity contribution in [3.05, 3.63) is 171 Å². The number of benzene rings is 6. The van der Waals surface area contributed by atoms with Crippen LogP contribution in [0.2, 0.25) is 0 Å². The van der Waals surface area contributed by atoms with E-state index in [-0.39, 0.29) is 71.2 Å². The fourth-order valence-corrected chi connectivity index (χ4v) is 12.7. The van der Waals surface area contributed by atoms with Crippen molar-refractivity contribution >= 4 is 21.9 Å². The molecule has 0 saturated carbocycles. The smallest absolute Gasteiger partial charge is 0.340 e. The van der Waals surface area contributed by atoms with Crippen molar-refractivity contribution in [3.8, 4) is 34.1 Å². The normalized spacial score (nSPS) is 19.2. The molecular formula is C57H60N4O10S. The minimum Gasteiger partial charge on any atom is -0.508 e. The summed E-state index contributed by atoms with van der Waals surface area (Å²) in [7, 11) is -3.69. The average molecular weight is 993 g/mol. The lowest BCUT2D eigenvalue weighted by molar-refractivity contribution is -0.0308. The Morgan fingerprint density at radius 2 is 1.40 bits per heavy atom. The third kappa shape index (κ3) is 9.25. The van der Waals surface area contributed by atoms with Crippen LogP contribution in [-0.4, -0.2) is 117 Å². The van der Waals surface area contributed by atoms with Crippen LogP contribution in [0.4, 0.5) is 0 Å². The van der Waals surface area contributed by atoms with Crippen molar-refractivity contribution in [1.29, 1.82) is 0 Å². The van der Waals surface area contributed by atoms with E-state index in [1.54, 1.807) is 40.7 Å². The largest absolute Gasteiger partial charge is 0.508 e. The number of aryl methyl sites for hydroxylation is 2. The van der Waals surface area contributed by atoms with Gasteiger partial charge >= 0.3 is 5.97 Å². The molecule has 1 unspecified atom stereocenters. The Balaban J connectivity index is 0.709. The van der Waals surface area contributed by atoms with Crippen molar-refractivity contribution < 1.29 is 47.2 Å². The second kappa shape index (κ2) is 20.5. The second-order valence-electron chi connectivity index (χ2n) is 19.1. The summed E-state index contributed by atoms with van der Waals surface area (Å²) in [6.45, 7) is 11.0. The molecule has 6 aromatic carbocycles. The maximum Gasteiger partial charge on any atom is 0.340 e. The number of nitrogens with zero attached hydrogens (tertiary/aromatic N) is 2. The highest BCUT2D eigenvalue weighted by Gasteiger charge is 2.54. The molecule has 4 heterocycles. The maximum atomic E-state index is 14.2. The molecule has 4 N–H and O–H groups in total. The number of hydrogen-bond donors (Lipinski definition) is 4.